The maximum atomic E-state index is 12.3. The number of halogens is 6. The van der Waals surface area contributed by atoms with Crippen LogP contribution in [0.5, 0.6) is 11.5 Å². The zero-order valence-corrected chi connectivity index (χ0v) is 16.2. The molecule has 0 aromatic heterocycles. The Morgan fingerprint density at radius 1 is 1.33 bits per heavy atom. The Bertz CT molecular complexity index is 509. The molecule has 0 saturated carbocycles. The van der Waals surface area contributed by atoms with Gasteiger partial charge in [-0.15, -0.1) is 38.0 Å². The van der Waals surface area contributed by atoms with Crippen molar-refractivity contribution in [2.24, 2.45) is 0 Å². The molecule has 2 rings (SSSR count). The Morgan fingerprint density at radius 2 is 2.04 bits per heavy atom. The molecule has 1 heterocycles. The van der Waals surface area contributed by atoms with Crippen molar-refractivity contribution in [3.63, 3.8) is 0 Å². The van der Waals surface area contributed by atoms with Crippen LogP contribution in [0.1, 0.15) is 6.92 Å². The number of benzene rings is 1. The van der Waals surface area contributed by atoms with Crippen molar-refractivity contribution in [3.05, 3.63) is 22.7 Å². The van der Waals surface area contributed by atoms with Crippen molar-refractivity contribution in [3.8, 4) is 11.5 Å². The Labute approximate surface area is 160 Å². The highest BCUT2D eigenvalue weighted by Crippen LogP contribution is 2.33. The average molecular weight is 456 g/mol. The van der Waals surface area contributed by atoms with Crippen molar-refractivity contribution in [2.75, 3.05) is 32.8 Å². The fraction of sp³-hybridized carbons (Fsp3) is 0.571. The molecule has 0 aliphatic carbocycles. The van der Waals surface area contributed by atoms with Gasteiger partial charge in [0.25, 0.3) is 0 Å². The third kappa shape index (κ3) is 8.11. The van der Waals surface area contributed by atoms with E-state index in [-0.39, 0.29) is 35.0 Å². The molecule has 4 nitrogen and oxygen atoms in total. The van der Waals surface area contributed by atoms with E-state index in [1.807, 2.05) is 0 Å². The lowest BCUT2D eigenvalue weighted by molar-refractivity contribution is -0.274. The monoisotopic (exact) mass is 454 g/mol. The van der Waals surface area contributed by atoms with Crippen LogP contribution in [0, 0.1) is 0 Å². The van der Waals surface area contributed by atoms with Gasteiger partial charge in [-0.05, 0) is 35.0 Å². The lowest BCUT2D eigenvalue weighted by Gasteiger charge is -2.31. The summed E-state index contributed by atoms with van der Waals surface area (Å²) in [4.78, 5) is 2.26. The lowest BCUT2D eigenvalue weighted by Crippen LogP contribution is -2.50. The summed E-state index contributed by atoms with van der Waals surface area (Å²) in [7, 11) is 0. The van der Waals surface area contributed by atoms with Crippen LogP contribution in [0.4, 0.5) is 13.2 Å². The van der Waals surface area contributed by atoms with Crippen LogP contribution in [-0.2, 0) is 0 Å². The minimum absolute atomic E-state index is 0. The highest BCUT2D eigenvalue weighted by Gasteiger charge is 2.32. The van der Waals surface area contributed by atoms with Crippen LogP contribution in [0.3, 0.4) is 0 Å². The Kier molecular flexibility index (Phi) is 10.4. The predicted octanol–water partition coefficient (Wildman–Crippen LogP) is 3.86. The van der Waals surface area contributed by atoms with E-state index >= 15 is 0 Å². The van der Waals surface area contributed by atoms with Crippen LogP contribution >= 0.6 is 40.7 Å². The highest BCUT2D eigenvalue weighted by atomic mass is 79.9. The molecule has 1 aliphatic heterocycles. The number of nitrogens with zero attached hydrogens (tertiary/aromatic N) is 1. The summed E-state index contributed by atoms with van der Waals surface area (Å²) >= 11 is 3.02. The molecule has 1 saturated heterocycles. The van der Waals surface area contributed by atoms with Gasteiger partial charge in [-0.3, -0.25) is 4.90 Å². The van der Waals surface area contributed by atoms with Gasteiger partial charge in [0.1, 0.15) is 18.1 Å². The molecular weight excluding hydrogens is 436 g/mol. The zero-order valence-electron chi connectivity index (χ0n) is 12.9. The largest absolute Gasteiger partial charge is 0.573 e. The fourth-order valence-electron chi connectivity index (χ4n) is 2.28. The van der Waals surface area contributed by atoms with E-state index in [4.69, 9.17) is 4.74 Å². The number of piperazine rings is 1. The third-order valence-electron chi connectivity index (χ3n) is 3.26. The van der Waals surface area contributed by atoms with Crippen LogP contribution in [0.15, 0.2) is 22.7 Å². The maximum Gasteiger partial charge on any atom is 0.573 e. The standard InChI is InChI=1S/C14H18BrF3N2O2.2ClH/c1-10-9-20(5-4-19-10)6-7-21-11-2-3-12(15)13(8-11)22-14(16,17)18;;/h2-3,8,10,19H,4-7,9H2,1H3;2*1H. The van der Waals surface area contributed by atoms with Gasteiger partial charge in [0.2, 0.25) is 0 Å². The molecule has 140 valence electrons. The van der Waals surface area contributed by atoms with Crippen LogP contribution in [0.25, 0.3) is 0 Å². The van der Waals surface area contributed by atoms with Crippen molar-refractivity contribution in [1.29, 1.82) is 0 Å². The summed E-state index contributed by atoms with van der Waals surface area (Å²) in [6, 6.07) is 4.75. The molecule has 10 heteroatoms. The summed E-state index contributed by atoms with van der Waals surface area (Å²) < 4.78 is 46.6. The van der Waals surface area contributed by atoms with E-state index in [1.165, 1.54) is 12.1 Å². The van der Waals surface area contributed by atoms with Gasteiger partial charge < -0.3 is 14.8 Å². The molecule has 1 aliphatic rings. The third-order valence-corrected chi connectivity index (χ3v) is 3.91. The molecule has 0 spiro atoms. The van der Waals surface area contributed by atoms with E-state index < -0.39 is 6.36 Å². The fourth-order valence-corrected chi connectivity index (χ4v) is 2.61. The normalized spacial score (nSPS) is 18.3. The number of hydrogen-bond acceptors (Lipinski definition) is 4. The Hall–Kier alpha value is -0.410. The lowest BCUT2D eigenvalue weighted by atomic mass is 10.2. The summed E-state index contributed by atoms with van der Waals surface area (Å²) in [6.45, 7) is 6.07. The van der Waals surface area contributed by atoms with Crippen molar-refractivity contribution < 1.29 is 22.6 Å². The number of alkyl halides is 3. The molecule has 0 amide bonds. The SMILES string of the molecule is CC1CN(CCOc2ccc(Br)c(OC(F)(F)F)c2)CCN1.Cl.Cl. The zero-order chi connectivity index (χ0) is 16.2. The first kappa shape index (κ1) is 23.6. The second kappa shape index (κ2) is 10.6. The van der Waals surface area contributed by atoms with Gasteiger partial charge in [0.05, 0.1) is 4.47 Å². The van der Waals surface area contributed by atoms with Gasteiger partial charge in [-0.25, -0.2) is 0 Å². The number of rotatable bonds is 5. The van der Waals surface area contributed by atoms with Gasteiger partial charge in [-0.1, -0.05) is 0 Å². The summed E-state index contributed by atoms with van der Waals surface area (Å²) in [5, 5.41) is 3.34. The molecule has 0 radical (unpaired) electrons. The molecule has 1 aromatic rings. The minimum Gasteiger partial charge on any atom is -0.492 e. The molecule has 1 unspecified atom stereocenters. The topological polar surface area (TPSA) is 33.7 Å². The summed E-state index contributed by atoms with van der Waals surface area (Å²) in [5.74, 6) is 0.0476. The van der Waals surface area contributed by atoms with E-state index in [9.17, 15) is 13.2 Å². The van der Waals surface area contributed by atoms with E-state index in [0.29, 0.717) is 18.4 Å². The molecule has 1 fully saturated rings. The van der Waals surface area contributed by atoms with Crippen molar-refractivity contribution in [1.82, 2.24) is 10.2 Å². The quantitative estimate of drug-likeness (QED) is 0.730. The second-order valence-electron chi connectivity index (χ2n) is 5.14. The first-order valence-corrected chi connectivity index (χ1v) is 7.76. The second-order valence-corrected chi connectivity index (χ2v) is 6.00. The molecule has 24 heavy (non-hydrogen) atoms. The molecule has 0 bridgehead atoms. The summed E-state index contributed by atoms with van der Waals surface area (Å²) in [5.41, 5.74) is 0. The Balaban J connectivity index is 0.00000264. The van der Waals surface area contributed by atoms with Gasteiger partial charge in [0.15, 0.2) is 0 Å². The first-order chi connectivity index (χ1) is 10.3. The molecule has 1 N–H and O–H groups in total. The maximum absolute atomic E-state index is 12.3. The number of ether oxygens (including phenoxy) is 2. The smallest absolute Gasteiger partial charge is 0.492 e. The first-order valence-electron chi connectivity index (χ1n) is 6.97. The van der Waals surface area contributed by atoms with Crippen LogP contribution in [-0.4, -0.2) is 50.1 Å². The van der Waals surface area contributed by atoms with E-state index in [2.05, 4.69) is 37.8 Å². The highest BCUT2D eigenvalue weighted by molar-refractivity contribution is 9.10. The molecular formula is C14H20BrCl2F3N2O2. The Morgan fingerprint density at radius 3 is 2.67 bits per heavy atom. The van der Waals surface area contributed by atoms with Gasteiger partial charge >= 0.3 is 6.36 Å². The molecule has 1 atom stereocenters. The van der Waals surface area contributed by atoms with Crippen LogP contribution < -0.4 is 14.8 Å². The van der Waals surface area contributed by atoms with E-state index in [1.54, 1.807) is 6.07 Å². The summed E-state index contributed by atoms with van der Waals surface area (Å²) in [6.07, 6.45) is -4.72. The van der Waals surface area contributed by atoms with Gasteiger partial charge in [0, 0.05) is 38.3 Å². The predicted molar refractivity (Wildman–Crippen MR) is 94.7 cm³/mol. The van der Waals surface area contributed by atoms with E-state index in [0.717, 1.165) is 26.2 Å². The number of hydrogen-bond donors (Lipinski definition) is 1. The van der Waals surface area contributed by atoms with Crippen LogP contribution in [0.2, 0.25) is 0 Å². The van der Waals surface area contributed by atoms with Crippen molar-refractivity contribution >= 4 is 40.7 Å². The minimum atomic E-state index is -4.72. The van der Waals surface area contributed by atoms with Crippen molar-refractivity contribution in [2.45, 2.75) is 19.3 Å². The molecule has 1 aromatic carbocycles. The average Bonchev–Trinajstić information content (AvgIpc) is 2.41. The number of nitrogens with one attached hydrogen (secondary N) is 1. The van der Waals surface area contributed by atoms with Gasteiger partial charge in [-0.2, -0.15) is 0 Å².